The van der Waals surface area contributed by atoms with E-state index in [1.807, 2.05) is 44.2 Å². The molecule has 0 spiro atoms. The van der Waals surface area contributed by atoms with Crippen LogP contribution >= 0.6 is 0 Å². The maximum absolute atomic E-state index is 10.4. The smallest absolute Gasteiger partial charge is 0.184 e. The summed E-state index contributed by atoms with van der Waals surface area (Å²) in [6.45, 7) is 6.75. The number of anilines is 1. The van der Waals surface area contributed by atoms with E-state index in [0.717, 1.165) is 31.4 Å². The zero-order valence-corrected chi connectivity index (χ0v) is 17.0. The van der Waals surface area contributed by atoms with Crippen LogP contribution in [0.4, 0.5) is 5.82 Å². The molecule has 2 atom stereocenters. The Bertz CT molecular complexity index is 877. The van der Waals surface area contributed by atoms with Gasteiger partial charge in [-0.1, -0.05) is 68.2 Å². The maximum Gasteiger partial charge on any atom is 0.184 e. The number of aliphatic hydroxyl groups excluding tert-OH is 1. The van der Waals surface area contributed by atoms with E-state index in [-0.39, 0.29) is 6.04 Å². The second-order valence-corrected chi connectivity index (χ2v) is 7.16. The molecule has 2 heterocycles. The van der Waals surface area contributed by atoms with Crippen LogP contribution in [0.15, 0.2) is 30.3 Å². The lowest BCUT2D eigenvalue weighted by Gasteiger charge is -2.20. The second kappa shape index (κ2) is 9.59. The lowest BCUT2D eigenvalue weighted by Crippen LogP contribution is -2.23. The van der Waals surface area contributed by atoms with E-state index in [1.54, 1.807) is 4.68 Å². The van der Waals surface area contributed by atoms with Crippen molar-refractivity contribution >= 4 is 17.0 Å². The number of rotatable bonds is 10. The highest BCUT2D eigenvalue weighted by atomic mass is 16.3. The van der Waals surface area contributed by atoms with Gasteiger partial charge in [-0.05, 0) is 20.3 Å². The number of hydrogen-bond acceptors (Lipinski definition) is 6. The van der Waals surface area contributed by atoms with E-state index in [9.17, 15) is 5.11 Å². The van der Waals surface area contributed by atoms with Crippen LogP contribution in [0.1, 0.15) is 58.9 Å². The highest BCUT2D eigenvalue weighted by molar-refractivity contribution is 5.84. The van der Waals surface area contributed by atoms with E-state index < -0.39 is 6.10 Å². The summed E-state index contributed by atoms with van der Waals surface area (Å²) in [5, 5.41) is 22.4. The first kappa shape index (κ1) is 20.2. The Balaban J connectivity index is 2.03. The average molecular weight is 383 g/mol. The highest BCUT2D eigenvalue weighted by Gasteiger charge is 2.24. The summed E-state index contributed by atoms with van der Waals surface area (Å²) in [5.74, 6) is 1.30. The Labute approximate surface area is 166 Å². The Morgan fingerprint density at radius 1 is 1.07 bits per heavy atom. The molecule has 7 heteroatoms. The van der Waals surface area contributed by atoms with Gasteiger partial charge >= 0.3 is 0 Å². The summed E-state index contributed by atoms with van der Waals surface area (Å²) < 4.78 is 1.78. The van der Waals surface area contributed by atoms with Crippen LogP contribution in [0, 0.1) is 0 Å². The van der Waals surface area contributed by atoms with Crippen molar-refractivity contribution in [2.24, 2.45) is 0 Å². The fourth-order valence-corrected chi connectivity index (χ4v) is 3.41. The molecule has 1 aromatic carbocycles. The molecule has 0 aliphatic carbocycles. The zero-order chi connectivity index (χ0) is 19.9. The summed E-state index contributed by atoms with van der Waals surface area (Å²) in [6.07, 6.45) is 4.89. The lowest BCUT2D eigenvalue weighted by molar-refractivity contribution is 0.116. The van der Waals surface area contributed by atoms with Gasteiger partial charge in [-0.2, -0.15) is 0 Å². The normalized spacial score (nSPS) is 13.6. The van der Waals surface area contributed by atoms with E-state index in [4.69, 9.17) is 4.98 Å². The minimum atomic E-state index is -0.538. The molecule has 7 nitrogen and oxygen atoms in total. The second-order valence-electron chi connectivity index (χ2n) is 7.16. The van der Waals surface area contributed by atoms with Crippen molar-refractivity contribution in [3.8, 4) is 11.4 Å². The SMILES string of the molecule is CCCCCC[C@@H]([C@H](C)O)n1nnc2c(NCC)nc(-c3ccccc3)nc21. The number of aliphatic hydroxyl groups is 1. The number of benzene rings is 1. The lowest BCUT2D eigenvalue weighted by atomic mass is 10.0. The largest absolute Gasteiger partial charge is 0.391 e. The Kier molecular flexibility index (Phi) is 6.92. The third-order valence-electron chi connectivity index (χ3n) is 4.92. The molecule has 150 valence electrons. The number of nitrogens with zero attached hydrogens (tertiary/aromatic N) is 5. The van der Waals surface area contributed by atoms with Crippen molar-refractivity contribution in [2.45, 2.75) is 65.0 Å². The molecule has 0 aliphatic heterocycles. The first-order valence-electron chi connectivity index (χ1n) is 10.3. The first-order valence-corrected chi connectivity index (χ1v) is 10.3. The van der Waals surface area contributed by atoms with Crippen LogP contribution in [0.5, 0.6) is 0 Å². The predicted octanol–water partition coefficient (Wildman–Crippen LogP) is 4.21. The molecule has 0 saturated carbocycles. The molecule has 0 bridgehead atoms. The monoisotopic (exact) mass is 382 g/mol. The van der Waals surface area contributed by atoms with E-state index in [0.29, 0.717) is 22.8 Å². The van der Waals surface area contributed by atoms with Crippen LogP contribution in [0.3, 0.4) is 0 Å². The van der Waals surface area contributed by atoms with Crippen LogP contribution in [-0.2, 0) is 0 Å². The summed E-state index contributed by atoms with van der Waals surface area (Å²) in [7, 11) is 0. The molecule has 2 N–H and O–H groups in total. The van der Waals surface area contributed by atoms with Gasteiger partial charge in [0.25, 0.3) is 0 Å². The average Bonchev–Trinajstić information content (AvgIpc) is 3.12. The van der Waals surface area contributed by atoms with Gasteiger partial charge in [-0.25, -0.2) is 14.6 Å². The van der Waals surface area contributed by atoms with E-state index >= 15 is 0 Å². The molecule has 3 rings (SSSR count). The van der Waals surface area contributed by atoms with E-state index in [1.165, 1.54) is 12.8 Å². The van der Waals surface area contributed by atoms with Gasteiger partial charge in [-0.15, -0.1) is 5.10 Å². The van der Waals surface area contributed by atoms with E-state index in [2.05, 4.69) is 27.5 Å². The fourth-order valence-electron chi connectivity index (χ4n) is 3.41. The number of aromatic nitrogens is 5. The Morgan fingerprint density at radius 2 is 1.86 bits per heavy atom. The predicted molar refractivity (Wildman–Crippen MR) is 112 cm³/mol. The van der Waals surface area contributed by atoms with Crippen LogP contribution < -0.4 is 5.32 Å². The number of hydrogen-bond donors (Lipinski definition) is 2. The zero-order valence-electron chi connectivity index (χ0n) is 17.0. The molecular weight excluding hydrogens is 352 g/mol. The number of fused-ring (bicyclic) bond motifs is 1. The third-order valence-corrected chi connectivity index (χ3v) is 4.92. The van der Waals surface area contributed by atoms with Crippen molar-refractivity contribution in [1.82, 2.24) is 25.0 Å². The maximum atomic E-state index is 10.4. The molecule has 0 fully saturated rings. The fraction of sp³-hybridized carbons (Fsp3) is 0.524. The summed E-state index contributed by atoms with van der Waals surface area (Å²) in [4.78, 5) is 9.44. The van der Waals surface area contributed by atoms with Crippen molar-refractivity contribution in [2.75, 3.05) is 11.9 Å². The molecule has 0 radical (unpaired) electrons. The molecule has 0 aliphatic rings. The Hall–Kier alpha value is -2.54. The Morgan fingerprint density at radius 3 is 2.54 bits per heavy atom. The molecule has 2 aromatic heterocycles. The molecule has 0 saturated heterocycles. The van der Waals surface area contributed by atoms with Gasteiger partial charge in [0, 0.05) is 12.1 Å². The van der Waals surface area contributed by atoms with Gasteiger partial charge in [0.15, 0.2) is 22.8 Å². The summed E-state index contributed by atoms with van der Waals surface area (Å²) in [6, 6.07) is 9.73. The quantitative estimate of drug-likeness (QED) is 0.511. The van der Waals surface area contributed by atoms with Crippen LogP contribution in [0.2, 0.25) is 0 Å². The van der Waals surface area contributed by atoms with Crippen LogP contribution in [0.25, 0.3) is 22.6 Å². The molecular formula is C21H30N6O. The van der Waals surface area contributed by atoms with Gasteiger partial charge in [0.05, 0.1) is 12.1 Å². The molecule has 0 amide bonds. The van der Waals surface area contributed by atoms with Crippen molar-refractivity contribution < 1.29 is 5.11 Å². The van der Waals surface area contributed by atoms with Crippen molar-refractivity contribution in [3.05, 3.63) is 30.3 Å². The topological polar surface area (TPSA) is 88.8 Å². The molecule has 3 aromatic rings. The molecule has 0 unspecified atom stereocenters. The standard InChI is InChI=1S/C21H30N6O/c1-4-6-7-11-14-17(15(3)28)27-21-18(25-26-27)20(22-5-2)23-19(24-21)16-12-9-8-10-13-16/h8-10,12-13,15,17,28H,4-7,11,14H2,1-3H3,(H,22,23,24)/t15-,17-/m0/s1. The summed E-state index contributed by atoms with van der Waals surface area (Å²) >= 11 is 0. The van der Waals surface area contributed by atoms with Gasteiger partial charge in [-0.3, -0.25) is 0 Å². The molecule has 28 heavy (non-hydrogen) atoms. The van der Waals surface area contributed by atoms with Crippen LogP contribution in [-0.4, -0.2) is 42.7 Å². The number of unbranched alkanes of at least 4 members (excludes halogenated alkanes) is 3. The summed E-state index contributed by atoms with van der Waals surface area (Å²) in [5.41, 5.74) is 2.24. The number of nitrogens with one attached hydrogen (secondary N) is 1. The van der Waals surface area contributed by atoms with Gasteiger partial charge in [0.2, 0.25) is 0 Å². The minimum absolute atomic E-state index is 0.158. The van der Waals surface area contributed by atoms with Crippen molar-refractivity contribution in [1.29, 1.82) is 0 Å². The van der Waals surface area contributed by atoms with Gasteiger partial charge in [0.1, 0.15) is 0 Å². The minimum Gasteiger partial charge on any atom is -0.391 e. The van der Waals surface area contributed by atoms with Crippen molar-refractivity contribution in [3.63, 3.8) is 0 Å². The highest BCUT2D eigenvalue weighted by Crippen LogP contribution is 2.28. The third kappa shape index (κ3) is 4.47. The van der Waals surface area contributed by atoms with Gasteiger partial charge < -0.3 is 10.4 Å². The first-order chi connectivity index (χ1) is 13.7.